The second kappa shape index (κ2) is 5.07. The van der Waals surface area contributed by atoms with E-state index in [4.69, 9.17) is 19.3 Å². The lowest BCUT2D eigenvalue weighted by Gasteiger charge is -2.14. The first kappa shape index (κ1) is 10.4. The van der Waals surface area contributed by atoms with E-state index in [9.17, 15) is 0 Å². The third-order valence-electron chi connectivity index (χ3n) is 2.59. The van der Waals surface area contributed by atoms with Crippen molar-refractivity contribution in [2.24, 2.45) is 5.92 Å². The first-order valence-corrected chi connectivity index (χ1v) is 5.30. The molecule has 0 aliphatic carbocycles. The van der Waals surface area contributed by atoms with Crippen molar-refractivity contribution in [2.45, 2.75) is 25.0 Å². The van der Waals surface area contributed by atoms with E-state index in [1.807, 2.05) is 0 Å². The Morgan fingerprint density at radius 2 is 1.79 bits per heavy atom. The Morgan fingerprint density at radius 3 is 2.21 bits per heavy atom. The largest absolute Gasteiger partial charge is 0.394 e. The highest BCUT2D eigenvalue weighted by Gasteiger charge is 2.32. The fourth-order valence-electron chi connectivity index (χ4n) is 1.70. The molecule has 0 spiro atoms. The van der Waals surface area contributed by atoms with Gasteiger partial charge in [0.25, 0.3) is 0 Å². The van der Waals surface area contributed by atoms with E-state index in [0.717, 1.165) is 32.7 Å². The van der Waals surface area contributed by atoms with Crippen molar-refractivity contribution in [3.05, 3.63) is 0 Å². The van der Waals surface area contributed by atoms with Gasteiger partial charge in [-0.15, -0.1) is 0 Å². The fraction of sp³-hybridized carbons (Fsp3) is 1.00. The van der Waals surface area contributed by atoms with Gasteiger partial charge in [-0.3, -0.25) is 0 Å². The van der Waals surface area contributed by atoms with Crippen molar-refractivity contribution in [2.75, 3.05) is 33.0 Å². The van der Waals surface area contributed by atoms with Gasteiger partial charge in [0, 0.05) is 6.61 Å². The molecule has 82 valence electrons. The third-order valence-corrected chi connectivity index (χ3v) is 2.59. The standard InChI is InChI=1S/C10H18O4/c11-1-2-12-5-8(3-9-6-13-9)4-10-7-14-10/h8-11H,1-7H2. The number of epoxide rings is 2. The molecule has 0 aromatic rings. The highest BCUT2D eigenvalue weighted by atomic mass is 16.6. The van der Waals surface area contributed by atoms with Gasteiger partial charge < -0.3 is 19.3 Å². The van der Waals surface area contributed by atoms with Crippen molar-refractivity contribution in [1.29, 1.82) is 0 Å². The van der Waals surface area contributed by atoms with Gasteiger partial charge >= 0.3 is 0 Å². The average molecular weight is 202 g/mol. The molecular weight excluding hydrogens is 184 g/mol. The van der Waals surface area contributed by atoms with Gasteiger partial charge in [0.1, 0.15) is 0 Å². The van der Waals surface area contributed by atoms with Gasteiger partial charge in [-0.1, -0.05) is 0 Å². The summed E-state index contributed by atoms with van der Waals surface area (Å²) in [7, 11) is 0. The molecule has 0 saturated carbocycles. The fourth-order valence-corrected chi connectivity index (χ4v) is 1.70. The third kappa shape index (κ3) is 3.92. The zero-order chi connectivity index (χ0) is 9.80. The van der Waals surface area contributed by atoms with Crippen LogP contribution in [0.2, 0.25) is 0 Å². The summed E-state index contributed by atoms with van der Waals surface area (Å²) >= 11 is 0. The Labute approximate surface area is 84.1 Å². The van der Waals surface area contributed by atoms with E-state index in [1.54, 1.807) is 0 Å². The van der Waals surface area contributed by atoms with Gasteiger partial charge in [0.15, 0.2) is 0 Å². The Morgan fingerprint density at radius 1 is 1.21 bits per heavy atom. The highest BCUT2D eigenvalue weighted by molar-refractivity contribution is 4.79. The van der Waals surface area contributed by atoms with E-state index >= 15 is 0 Å². The average Bonchev–Trinajstić information content (AvgIpc) is 2.99. The first-order chi connectivity index (χ1) is 6.88. The molecule has 0 aromatic carbocycles. The summed E-state index contributed by atoms with van der Waals surface area (Å²) in [5, 5.41) is 8.59. The summed E-state index contributed by atoms with van der Waals surface area (Å²) in [6.45, 7) is 3.07. The monoisotopic (exact) mass is 202 g/mol. The van der Waals surface area contributed by atoms with Crippen LogP contribution in [0.15, 0.2) is 0 Å². The molecule has 2 fully saturated rings. The van der Waals surface area contributed by atoms with E-state index in [1.165, 1.54) is 0 Å². The summed E-state index contributed by atoms with van der Waals surface area (Å²) in [5.74, 6) is 0.529. The van der Waals surface area contributed by atoms with Crippen LogP contribution in [0.25, 0.3) is 0 Å². The molecule has 2 aliphatic rings. The molecule has 14 heavy (non-hydrogen) atoms. The molecule has 0 bridgehead atoms. The van der Waals surface area contributed by atoms with E-state index < -0.39 is 0 Å². The van der Waals surface area contributed by atoms with Gasteiger partial charge in [-0.25, -0.2) is 0 Å². The molecule has 2 unspecified atom stereocenters. The predicted molar refractivity (Wildman–Crippen MR) is 50.1 cm³/mol. The summed E-state index contributed by atoms with van der Waals surface area (Å²) in [6, 6.07) is 0. The van der Waals surface area contributed by atoms with Crippen LogP contribution >= 0.6 is 0 Å². The molecule has 0 radical (unpaired) electrons. The van der Waals surface area contributed by atoms with Crippen LogP contribution in [0.3, 0.4) is 0 Å². The Kier molecular flexibility index (Phi) is 3.75. The second-order valence-corrected chi connectivity index (χ2v) is 4.05. The molecule has 2 rings (SSSR count). The lowest BCUT2D eigenvalue weighted by atomic mass is 9.99. The van der Waals surface area contributed by atoms with E-state index in [0.29, 0.717) is 24.7 Å². The van der Waals surface area contributed by atoms with Gasteiger partial charge in [0.05, 0.1) is 38.6 Å². The lowest BCUT2D eigenvalue weighted by molar-refractivity contribution is 0.0592. The zero-order valence-electron chi connectivity index (χ0n) is 8.35. The van der Waals surface area contributed by atoms with E-state index in [2.05, 4.69) is 0 Å². The van der Waals surface area contributed by atoms with Crippen LogP contribution in [0.4, 0.5) is 0 Å². The van der Waals surface area contributed by atoms with Crippen LogP contribution in [-0.2, 0) is 14.2 Å². The molecule has 2 saturated heterocycles. The van der Waals surface area contributed by atoms with Crippen molar-refractivity contribution in [1.82, 2.24) is 0 Å². The smallest absolute Gasteiger partial charge is 0.0813 e. The topological polar surface area (TPSA) is 54.5 Å². The minimum atomic E-state index is 0.104. The minimum absolute atomic E-state index is 0.104. The number of ether oxygens (including phenoxy) is 3. The summed E-state index contributed by atoms with van der Waals surface area (Å²) in [6.07, 6.45) is 3.06. The molecule has 1 N–H and O–H groups in total. The molecule has 0 aromatic heterocycles. The van der Waals surface area contributed by atoms with Crippen molar-refractivity contribution in [3.8, 4) is 0 Å². The Bertz CT molecular complexity index is 152. The molecule has 2 atom stereocenters. The lowest BCUT2D eigenvalue weighted by Crippen LogP contribution is -2.16. The SMILES string of the molecule is OCCOCC(CC1CO1)CC1CO1. The number of aliphatic hydroxyl groups is 1. The maximum Gasteiger partial charge on any atom is 0.0813 e. The highest BCUT2D eigenvalue weighted by Crippen LogP contribution is 2.27. The Balaban J connectivity index is 1.61. The second-order valence-electron chi connectivity index (χ2n) is 4.05. The maximum absolute atomic E-state index is 8.59. The summed E-state index contributed by atoms with van der Waals surface area (Å²) < 4.78 is 15.7. The molecule has 4 heteroatoms. The van der Waals surface area contributed by atoms with E-state index in [-0.39, 0.29) is 6.61 Å². The minimum Gasteiger partial charge on any atom is -0.394 e. The zero-order valence-corrected chi connectivity index (χ0v) is 8.35. The molecule has 2 aliphatic heterocycles. The van der Waals surface area contributed by atoms with Crippen LogP contribution < -0.4 is 0 Å². The normalized spacial score (nSPS) is 31.5. The molecule has 2 heterocycles. The molecular formula is C10H18O4. The number of aliphatic hydroxyl groups excluding tert-OH is 1. The van der Waals surface area contributed by atoms with Gasteiger partial charge in [-0.05, 0) is 18.8 Å². The van der Waals surface area contributed by atoms with Crippen molar-refractivity contribution in [3.63, 3.8) is 0 Å². The van der Waals surface area contributed by atoms with Crippen molar-refractivity contribution < 1.29 is 19.3 Å². The molecule has 4 nitrogen and oxygen atoms in total. The van der Waals surface area contributed by atoms with Gasteiger partial charge in [0.2, 0.25) is 0 Å². The summed E-state index contributed by atoms with van der Waals surface area (Å²) in [5.41, 5.74) is 0. The van der Waals surface area contributed by atoms with Gasteiger partial charge in [-0.2, -0.15) is 0 Å². The number of hydrogen-bond donors (Lipinski definition) is 1. The number of hydrogen-bond acceptors (Lipinski definition) is 4. The van der Waals surface area contributed by atoms with Crippen LogP contribution in [0.5, 0.6) is 0 Å². The maximum atomic E-state index is 8.59. The number of rotatable bonds is 8. The quantitative estimate of drug-likeness (QED) is 0.451. The Hall–Kier alpha value is -0.160. The van der Waals surface area contributed by atoms with Crippen LogP contribution in [0, 0.1) is 5.92 Å². The first-order valence-electron chi connectivity index (χ1n) is 5.30. The van der Waals surface area contributed by atoms with Crippen molar-refractivity contribution >= 4 is 0 Å². The summed E-state index contributed by atoms with van der Waals surface area (Å²) in [4.78, 5) is 0. The van der Waals surface area contributed by atoms with Crippen LogP contribution in [0.1, 0.15) is 12.8 Å². The molecule has 0 amide bonds. The van der Waals surface area contributed by atoms with Crippen LogP contribution in [-0.4, -0.2) is 50.3 Å². The predicted octanol–water partition coefficient (Wildman–Crippen LogP) is 0.189.